The summed E-state index contributed by atoms with van der Waals surface area (Å²) in [6.45, 7) is 2.48. The van der Waals surface area contributed by atoms with Crippen LogP contribution in [0.1, 0.15) is 6.92 Å². The van der Waals surface area contributed by atoms with Crippen molar-refractivity contribution < 1.29 is 9.53 Å². The van der Waals surface area contributed by atoms with E-state index >= 15 is 0 Å². The molecule has 0 fully saturated rings. The van der Waals surface area contributed by atoms with E-state index in [1.807, 2.05) is 6.92 Å². The van der Waals surface area contributed by atoms with Crippen molar-refractivity contribution in [1.29, 1.82) is 0 Å². The molecule has 0 spiro atoms. The molecule has 1 aromatic carbocycles. The van der Waals surface area contributed by atoms with Crippen LogP contribution in [-0.4, -0.2) is 37.0 Å². The van der Waals surface area contributed by atoms with Crippen molar-refractivity contribution in [3.8, 4) is 5.75 Å². The molecule has 0 atom stereocenters. The van der Waals surface area contributed by atoms with E-state index in [9.17, 15) is 14.4 Å². The number of carbonyl (C=O) groups excluding carboxylic acids is 1. The Bertz CT molecular complexity index is 1140. The van der Waals surface area contributed by atoms with Crippen LogP contribution < -0.4 is 21.3 Å². The first kappa shape index (κ1) is 19.7. The summed E-state index contributed by atoms with van der Waals surface area (Å²) < 4.78 is 9.40. The SMILES string of the molecule is CCOc1ccc(NC(=O)CSc2nc3c(=O)n(C)c(=O)n(C)c3n2C)cc1. The number of thioether (sulfide) groups is 1. The Morgan fingerprint density at radius 1 is 1.11 bits per heavy atom. The number of ether oxygens (including phenoxy) is 1. The van der Waals surface area contributed by atoms with Crippen molar-refractivity contribution in [3.05, 3.63) is 45.1 Å². The van der Waals surface area contributed by atoms with Gasteiger partial charge in [0.2, 0.25) is 5.91 Å². The van der Waals surface area contributed by atoms with Gasteiger partial charge in [0.15, 0.2) is 16.3 Å². The molecule has 0 bridgehead atoms. The van der Waals surface area contributed by atoms with Crippen LogP contribution in [0.5, 0.6) is 5.75 Å². The maximum absolute atomic E-state index is 12.3. The van der Waals surface area contributed by atoms with Crippen LogP contribution in [-0.2, 0) is 25.9 Å². The fourth-order valence-electron chi connectivity index (χ4n) is 2.82. The zero-order chi connectivity index (χ0) is 20.4. The lowest BCUT2D eigenvalue weighted by Crippen LogP contribution is -2.37. The molecule has 9 nitrogen and oxygen atoms in total. The van der Waals surface area contributed by atoms with Crippen molar-refractivity contribution in [2.24, 2.45) is 21.1 Å². The second-order valence-corrected chi connectivity index (χ2v) is 7.07. The van der Waals surface area contributed by atoms with Gasteiger partial charge in [-0.2, -0.15) is 0 Å². The maximum Gasteiger partial charge on any atom is 0.332 e. The molecule has 0 aliphatic carbocycles. The topological polar surface area (TPSA) is 100 Å². The molecule has 0 radical (unpaired) electrons. The smallest absolute Gasteiger partial charge is 0.332 e. The summed E-state index contributed by atoms with van der Waals surface area (Å²) in [6, 6.07) is 7.10. The van der Waals surface area contributed by atoms with E-state index in [4.69, 9.17) is 4.74 Å². The Labute approximate surface area is 164 Å². The van der Waals surface area contributed by atoms with Gasteiger partial charge >= 0.3 is 5.69 Å². The van der Waals surface area contributed by atoms with Gasteiger partial charge in [0.1, 0.15) is 5.75 Å². The fourth-order valence-corrected chi connectivity index (χ4v) is 3.58. The van der Waals surface area contributed by atoms with Gasteiger partial charge in [0, 0.05) is 26.8 Å². The molecular formula is C18H21N5O4S. The quantitative estimate of drug-likeness (QED) is 0.619. The third kappa shape index (κ3) is 3.68. The van der Waals surface area contributed by atoms with Gasteiger partial charge in [-0.25, -0.2) is 9.78 Å². The Kier molecular flexibility index (Phi) is 5.59. The van der Waals surface area contributed by atoms with Crippen LogP contribution in [0, 0.1) is 0 Å². The molecule has 0 saturated carbocycles. The Balaban J connectivity index is 1.75. The second kappa shape index (κ2) is 7.93. The van der Waals surface area contributed by atoms with E-state index in [0.29, 0.717) is 23.1 Å². The van der Waals surface area contributed by atoms with E-state index in [2.05, 4.69) is 10.3 Å². The highest BCUT2D eigenvalue weighted by Crippen LogP contribution is 2.21. The van der Waals surface area contributed by atoms with Crippen molar-refractivity contribution in [2.75, 3.05) is 17.7 Å². The Morgan fingerprint density at radius 2 is 1.79 bits per heavy atom. The molecule has 2 aromatic heterocycles. The monoisotopic (exact) mass is 403 g/mol. The van der Waals surface area contributed by atoms with Gasteiger partial charge in [0.05, 0.1) is 12.4 Å². The van der Waals surface area contributed by atoms with E-state index < -0.39 is 11.2 Å². The molecule has 0 aliphatic rings. The highest BCUT2D eigenvalue weighted by molar-refractivity contribution is 7.99. The number of nitrogens with one attached hydrogen (secondary N) is 1. The number of aryl methyl sites for hydroxylation is 2. The number of fused-ring (bicyclic) bond motifs is 1. The van der Waals surface area contributed by atoms with E-state index in [1.54, 1.807) is 42.9 Å². The maximum atomic E-state index is 12.3. The van der Waals surface area contributed by atoms with E-state index in [0.717, 1.165) is 10.3 Å². The third-order valence-corrected chi connectivity index (χ3v) is 5.23. The number of imidazole rings is 1. The van der Waals surface area contributed by atoms with Crippen LogP contribution in [0.25, 0.3) is 11.2 Å². The molecule has 2 heterocycles. The lowest BCUT2D eigenvalue weighted by atomic mass is 10.3. The number of benzene rings is 1. The zero-order valence-corrected chi connectivity index (χ0v) is 16.9. The van der Waals surface area contributed by atoms with Crippen molar-refractivity contribution in [2.45, 2.75) is 12.1 Å². The molecule has 28 heavy (non-hydrogen) atoms. The van der Waals surface area contributed by atoms with Crippen LogP contribution in [0.4, 0.5) is 5.69 Å². The van der Waals surface area contributed by atoms with Crippen molar-refractivity contribution >= 4 is 34.5 Å². The zero-order valence-electron chi connectivity index (χ0n) is 16.1. The van der Waals surface area contributed by atoms with Gasteiger partial charge in [-0.3, -0.25) is 18.7 Å². The van der Waals surface area contributed by atoms with Crippen molar-refractivity contribution in [3.63, 3.8) is 0 Å². The molecule has 10 heteroatoms. The minimum Gasteiger partial charge on any atom is -0.494 e. The highest BCUT2D eigenvalue weighted by atomic mass is 32.2. The molecule has 148 valence electrons. The van der Waals surface area contributed by atoms with Gasteiger partial charge in [0.25, 0.3) is 5.56 Å². The Hall–Kier alpha value is -3.01. The number of anilines is 1. The molecule has 0 saturated heterocycles. The highest BCUT2D eigenvalue weighted by Gasteiger charge is 2.17. The average Bonchev–Trinajstić information content (AvgIpc) is 3.01. The van der Waals surface area contributed by atoms with E-state index in [1.165, 1.54) is 23.4 Å². The number of carbonyl (C=O) groups is 1. The second-order valence-electron chi connectivity index (χ2n) is 6.13. The lowest BCUT2D eigenvalue weighted by Gasteiger charge is -2.07. The van der Waals surface area contributed by atoms with Crippen LogP contribution in [0.15, 0.2) is 39.0 Å². The summed E-state index contributed by atoms with van der Waals surface area (Å²) in [5.74, 6) is 0.642. The number of rotatable bonds is 6. The number of nitrogens with zero attached hydrogens (tertiary/aromatic N) is 4. The summed E-state index contributed by atoms with van der Waals surface area (Å²) in [5, 5.41) is 3.28. The average molecular weight is 403 g/mol. The molecular weight excluding hydrogens is 382 g/mol. The first-order chi connectivity index (χ1) is 13.3. The first-order valence-electron chi connectivity index (χ1n) is 8.61. The third-order valence-electron chi connectivity index (χ3n) is 4.20. The van der Waals surface area contributed by atoms with Crippen LogP contribution in [0.2, 0.25) is 0 Å². The molecule has 1 N–H and O–H groups in total. The number of aromatic nitrogens is 4. The van der Waals surface area contributed by atoms with Gasteiger partial charge in [-0.1, -0.05) is 11.8 Å². The number of hydrogen-bond acceptors (Lipinski definition) is 6. The molecule has 3 aromatic rings. The molecule has 1 amide bonds. The Morgan fingerprint density at radius 3 is 2.43 bits per heavy atom. The van der Waals surface area contributed by atoms with Crippen LogP contribution >= 0.6 is 11.8 Å². The summed E-state index contributed by atoms with van der Waals surface area (Å²) in [6.07, 6.45) is 0. The lowest BCUT2D eigenvalue weighted by molar-refractivity contribution is -0.113. The predicted molar refractivity (Wildman–Crippen MR) is 108 cm³/mol. The van der Waals surface area contributed by atoms with Gasteiger partial charge in [-0.05, 0) is 31.2 Å². The number of hydrogen-bond donors (Lipinski definition) is 1. The summed E-state index contributed by atoms with van der Waals surface area (Å²) in [4.78, 5) is 41.0. The van der Waals surface area contributed by atoms with Crippen LogP contribution in [0.3, 0.4) is 0 Å². The minimum atomic E-state index is -0.459. The summed E-state index contributed by atoms with van der Waals surface area (Å²) >= 11 is 1.19. The predicted octanol–water partition coefficient (Wildman–Crippen LogP) is 1.10. The summed E-state index contributed by atoms with van der Waals surface area (Å²) in [7, 11) is 4.70. The molecule has 3 rings (SSSR count). The normalized spacial score (nSPS) is 11.0. The summed E-state index contributed by atoms with van der Waals surface area (Å²) in [5.41, 5.74) is 0.393. The first-order valence-corrected chi connectivity index (χ1v) is 9.60. The van der Waals surface area contributed by atoms with Crippen molar-refractivity contribution in [1.82, 2.24) is 18.7 Å². The van der Waals surface area contributed by atoms with E-state index in [-0.39, 0.29) is 17.2 Å². The molecule has 0 unspecified atom stereocenters. The van der Waals surface area contributed by atoms with Gasteiger partial charge < -0.3 is 14.6 Å². The molecule has 0 aliphatic heterocycles. The largest absolute Gasteiger partial charge is 0.494 e. The standard InChI is InChI=1S/C18H21N5O4S/c1-5-27-12-8-6-11(7-9-12)19-13(24)10-28-17-20-14-15(21(17)2)22(3)18(26)23(4)16(14)25/h6-9H,5,10H2,1-4H3,(H,19,24). The minimum absolute atomic E-state index is 0.110. The number of amides is 1. The van der Waals surface area contributed by atoms with Gasteiger partial charge in [-0.15, -0.1) is 0 Å². The fraction of sp³-hybridized carbons (Fsp3) is 0.333.